The van der Waals surface area contributed by atoms with Crippen LogP contribution in [0.1, 0.15) is 73.3 Å². The van der Waals surface area contributed by atoms with Gasteiger partial charge in [-0.05, 0) is 38.3 Å². The molecule has 35 heavy (non-hydrogen) atoms. The largest absolute Gasteiger partial charge is 0.370 e. The van der Waals surface area contributed by atoms with Crippen molar-refractivity contribution in [3.63, 3.8) is 0 Å². The lowest BCUT2D eigenvalue weighted by Gasteiger charge is -2.42. The van der Waals surface area contributed by atoms with Gasteiger partial charge in [-0.2, -0.15) is 5.26 Å². The predicted molar refractivity (Wildman–Crippen MR) is 140 cm³/mol. The van der Waals surface area contributed by atoms with Gasteiger partial charge >= 0.3 is 0 Å². The van der Waals surface area contributed by atoms with E-state index < -0.39 is 0 Å². The first-order valence-electron chi connectivity index (χ1n) is 12.3. The molecular formula is C28H32N4O2S. The van der Waals surface area contributed by atoms with E-state index in [-0.39, 0.29) is 23.5 Å². The summed E-state index contributed by atoms with van der Waals surface area (Å²) < 4.78 is 7.22. The van der Waals surface area contributed by atoms with Crippen LogP contribution in [0.5, 0.6) is 0 Å². The summed E-state index contributed by atoms with van der Waals surface area (Å²) in [5.41, 5.74) is 4.30. The summed E-state index contributed by atoms with van der Waals surface area (Å²) >= 11 is 1.61. The van der Waals surface area contributed by atoms with E-state index in [9.17, 15) is 10.1 Å². The monoisotopic (exact) mass is 488 g/mol. The van der Waals surface area contributed by atoms with Gasteiger partial charge in [-0.15, -0.1) is 11.3 Å². The zero-order valence-corrected chi connectivity index (χ0v) is 21.9. The first-order chi connectivity index (χ1) is 16.7. The van der Waals surface area contributed by atoms with Gasteiger partial charge in [0.15, 0.2) is 0 Å². The van der Waals surface area contributed by atoms with E-state index in [4.69, 9.17) is 9.72 Å². The van der Waals surface area contributed by atoms with Crippen molar-refractivity contribution >= 4 is 33.1 Å². The van der Waals surface area contributed by atoms with Crippen molar-refractivity contribution in [1.29, 1.82) is 5.26 Å². The van der Waals surface area contributed by atoms with Gasteiger partial charge in [0.1, 0.15) is 11.9 Å². The third kappa shape index (κ3) is 4.19. The zero-order valence-electron chi connectivity index (χ0n) is 21.1. The molecule has 6 nitrogen and oxygen atoms in total. The molecule has 0 N–H and O–H groups in total. The van der Waals surface area contributed by atoms with Gasteiger partial charge in [0.2, 0.25) is 0 Å². The Hall–Kier alpha value is -2.95. The highest BCUT2D eigenvalue weighted by Gasteiger charge is 2.36. The van der Waals surface area contributed by atoms with Crippen LogP contribution >= 0.6 is 11.3 Å². The number of pyridine rings is 1. The quantitative estimate of drug-likeness (QED) is 0.487. The zero-order chi connectivity index (χ0) is 24.9. The number of aromatic nitrogens is 1. The van der Waals surface area contributed by atoms with Crippen LogP contribution in [-0.2, 0) is 17.8 Å². The fraction of sp³-hybridized carbons (Fsp3) is 0.464. The number of carbonyl (C=O) groups excluding carboxylic acids is 1. The summed E-state index contributed by atoms with van der Waals surface area (Å²) in [4.78, 5) is 22.7. The number of piperazine rings is 1. The minimum Gasteiger partial charge on any atom is -0.370 e. The van der Waals surface area contributed by atoms with Crippen molar-refractivity contribution in [2.75, 3.05) is 24.5 Å². The molecule has 0 spiro atoms. The maximum Gasteiger partial charge on any atom is 0.255 e. The minimum atomic E-state index is -0.312. The maximum absolute atomic E-state index is 13.5. The third-order valence-electron chi connectivity index (χ3n) is 7.19. The Morgan fingerprint density at radius 3 is 2.74 bits per heavy atom. The molecule has 0 saturated carbocycles. The number of anilines is 1. The van der Waals surface area contributed by atoms with Crippen LogP contribution in [0.3, 0.4) is 0 Å². The van der Waals surface area contributed by atoms with E-state index in [2.05, 4.69) is 51.7 Å². The van der Waals surface area contributed by atoms with E-state index >= 15 is 0 Å². The van der Waals surface area contributed by atoms with Crippen molar-refractivity contribution < 1.29 is 9.53 Å². The molecule has 1 saturated heterocycles. The van der Waals surface area contributed by atoms with Gasteiger partial charge < -0.3 is 14.5 Å². The highest BCUT2D eigenvalue weighted by molar-refractivity contribution is 7.17. The molecule has 0 aliphatic carbocycles. The van der Waals surface area contributed by atoms with Crippen LogP contribution in [-0.4, -0.2) is 47.1 Å². The molecule has 1 aromatic carbocycles. The highest BCUT2D eigenvalue weighted by Crippen LogP contribution is 2.38. The molecule has 4 heterocycles. The van der Waals surface area contributed by atoms with Gasteiger partial charge in [0.25, 0.3) is 5.91 Å². The number of ether oxygens (including phenoxy) is 1. The van der Waals surface area contributed by atoms with E-state index in [1.54, 1.807) is 11.3 Å². The molecule has 182 valence electrons. The Morgan fingerprint density at radius 2 is 2.03 bits per heavy atom. The van der Waals surface area contributed by atoms with E-state index in [0.717, 1.165) is 38.3 Å². The number of hydrogen-bond acceptors (Lipinski definition) is 6. The molecular weight excluding hydrogens is 456 g/mol. The maximum atomic E-state index is 13.5. The lowest BCUT2D eigenvalue weighted by atomic mass is 9.86. The van der Waals surface area contributed by atoms with Crippen LogP contribution in [0, 0.1) is 11.3 Å². The lowest BCUT2D eigenvalue weighted by molar-refractivity contribution is -0.0408. The molecule has 7 heteroatoms. The third-order valence-corrected chi connectivity index (χ3v) is 8.16. The predicted octanol–water partition coefficient (Wildman–Crippen LogP) is 5.49. The number of fused-ring (bicyclic) bond motifs is 2. The Morgan fingerprint density at radius 1 is 1.26 bits per heavy atom. The van der Waals surface area contributed by atoms with Crippen molar-refractivity contribution in [3.8, 4) is 6.07 Å². The molecule has 0 radical (unpaired) electrons. The summed E-state index contributed by atoms with van der Waals surface area (Å²) in [5, 5.41) is 13.2. The van der Waals surface area contributed by atoms with E-state index in [0.29, 0.717) is 38.2 Å². The van der Waals surface area contributed by atoms with Crippen LogP contribution in [0.25, 0.3) is 10.1 Å². The van der Waals surface area contributed by atoms with Gasteiger partial charge in [-0.25, -0.2) is 4.98 Å². The molecule has 2 aromatic heterocycles. The molecule has 2 aliphatic rings. The molecule has 1 atom stereocenters. The smallest absolute Gasteiger partial charge is 0.255 e. The van der Waals surface area contributed by atoms with E-state index in [1.165, 1.54) is 0 Å². The lowest BCUT2D eigenvalue weighted by Crippen LogP contribution is -2.54. The number of thiophene rings is 1. The van der Waals surface area contributed by atoms with Crippen LogP contribution < -0.4 is 4.90 Å². The Balaban J connectivity index is 1.46. The molecule has 5 rings (SSSR count). The molecule has 3 aromatic rings. The number of nitriles is 1. The van der Waals surface area contributed by atoms with Gasteiger partial charge in [0.05, 0.1) is 29.0 Å². The summed E-state index contributed by atoms with van der Waals surface area (Å²) in [7, 11) is 0. The number of amides is 1. The normalized spacial score (nSPS) is 19.6. The SMILES string of the molecule is CC(C)c1nc(N2CCN(C(=O)c3csc4ccccc34)[C@H](C)C2)c(C#N)c2c1COC(C)(C)C2. The highest BCUT2D eigenvalue weighted by atomic mass is 32.1. The molecule has 1 amide bonds. The Bertz CT molecular complexity index is 1340. The Kier molecular flexibility index (Phi) is 6.06. The number of benzene rings is 1. The van der Waals surface area contributed by atoms with Crippen molar-refractivity contribution in [3.05, 3.63) is 57.6 Å². The first-order valence-corrected chi connectivity index (χ1v) is 13.2. The van der Waals surface area contributed by atoms with Gasteiger partial charge in [-0.1, -0.05) is 32.0 Å². The van der Waals surface area contributed by atoms with E-state index in [1.807, 2.05) is 28.5 Å². The van der Waals surface area contributed by atoms with Crippen molar-refractivity contribution in [2.45, 2.75) is 65.2 Å². The molecule has 2 aliphatic heterocycles. The van der Waals surface area contributed by atoms with Crippen molar-refractivity contribution in [2.24, 2.45) is 0 Å². The second kappa shape index (κ2) is 8.92. The standard InChI is InChI=1S/C28H32N4O2S/c1-17(2)25-22-15-34-28(4,5)12-20(22)21(13-29)26(30-25)31-10-11-32(18(3)14-31)27(33)23-16-35-24-9-7-6-8-19(23)24/h6-9,16-18H,10-12,14-15H2,1-5H3/t18-/m1/s1. The topological polar surface area (TPSA) is 69.5 Å². The average Bonchev–Trinajstić information content (AvgIpc) is 3.26. The van der Waals surface area contributed by atoms with Crippen LogP contribution in [0.2, 0.25) is 0 Å². The number of nitrogens with zero attached hydrogens (tertiary/aromatic N) is 4. The number of carbonyl (C=O) groups is 1. The minimum absolute atomic E-state index is 0.00145. The Labute approximate surface area is 211 Å². The first kappa shape index (κ1) is 23.8. The van der Waals surface area contributed by atoms with Gasteiger partial charge in [-0.3, -0.25) is 4.79 Å². The molecule has 0 bridgehead atoms. The number of hydrogen-bond donors (Lipinski definition) is 0. The summed E-state index contributed by atoms with van der Waals surface area (Å²) in [6.07, 6.45) is 0.694. The number of rotatable bonds is 3. The molecule has 0 unspecified atom stereocenters. The van der Waals surface area contributed by atoms with Crippen LogP contribution in [0.15, 0.2) is 29.6 Å². The summed E-state index contributed by atoms with van der Waals surface area (Å²) in [5.74, 6) is 1.06. The van der Waals surface area contributed by atoms with Crippen molar-refractivity contribution in [1.82, 2.24) is 9.88 Å². The summed E-state index contributed by atoms with van der Waals surface area (Å²) in [6, 6.07) is 10.5. The fourth-order valence-electron chi connectivity index (χ4n) is 5.35. The molecule has 1 fully saturated rings. The van der Waals surface area contributed by atoms with Crippen LogP contribution in [0.4, 0.5) is 5.82 Å². The fourth-order valence-corrected chi connectivity index (χ4v) is 6.29. The van der Waals surface area contributed by atoms with Gasteiger partial charge in [0, 0.05) is 53.1 Å². The second-order valence-electron chi connectivity index (χ2n) is 10.6. The second-order valence-corrected chi connectivity index (χ2v) is 11.5. The summed E-state index contributed by atoms with van der Waals surface area (Å²) in [6.45, 7) is 12.9. The average molecular weight is 489 g/mol.